The van der Waals surface area contributed by atoms with Gasteiger partial charge in [0.25, 0.3) is 5.91 Å². The van der Waals surface area contributed by atoms with Crippen molar-refractivity contribution in [3.8, 4) is 0 Å². The lowest BCUT2D eigenvalue weighted by Gasteiger charge is -2.22. The van der Waals surface area contributed by atoms with E-state index >= 15 is 0 Å². The molecule has 0 fully saturated rings. The number of Topliss-reactive ketones (excluding diaryl/α,β-unsaturated/α-hetero) is 1. The zero-order valence-corrected chi connectivity index (χ0v) is 22.5. The van der Waals surface area contributed by atoms with Gasteiger partial charge in [0.2, 0.25) is 0 Å². The molecule has 39 heavy (non-hydrogen) atoms. The highest BCUT2D eigenvalue weighted by atomic mass is 35.5. The van der Waals surface area contributed by atoms with E-state index in [1.54, 1.807) is 55.6 Å². The van der Waals surface area contributed by atoms with E-state index < -0.39 is 11.9 Å². The Kier molecular flexibility index (Phi) is 9.57. The summed E-state index contributed by atoms with van der Waals surface area (Å²) in [6, 6.07) is 15.8. The number of nitrogens with zero attached hydrogens (tertiary/aromatic N) is 2. The number of fused-ring (bicyclic) bond motifs is 1. The van der Waals surface area contributed by atoms with Gasteiger partial charge >= 0.3 is 5.97 Å². The van der Waals surface area contributed by atoms with Gasteiger partial charge in [0.05, 0.1) is 12.2 Å². The smallest absolute Gasteiger partial charge is 0.326 e. The van der Waals surface area contributed by atoms with Crippen molar-refractivity contribution >= 4 is 52.5 Å². The minimum atomic E-state index is -0.540. The molecule has 0 aliphatic rings. The molecule has 2 heterocycles. The Morgan fingerprint density at radius 3 is 2.46 bits per heavy atom. The van der Waals surface area contributed by atoms with Crippen molar-refractivity contribution in [3.05, 3.63) is 94.9 Å². The first kappa shape index (κ1) is 29.1. The molecule has 4 aromatic rings. The SMILES string of the molecule is CCOC(=O)CN(C(=O)c1cccnc1)c1ccc2[nH]c(C)c(C(=O)CCc3ccc(C(=N)N)cc3)c2c1.Cl. The number of pyridine rings is 1. The summed E-state index contributed by atoms with van der Waals surface area (Å²) in [7, 11) is 0. The van der Waals surface area contributed by atoms with Crippen LogP contribution in [0.15, 0.2) is 67.0 Å². The lowest BCUT2D eigenvalue weighted by Crippen LogP contribution is -2.36. The average Bonchev–Trinajstić information content (AvgIpc) is 3.25. The fraction of sp³-hybridized carbons (Fsp3) is 0.207. The molecule has 4 rings (SSSR count). The number of nitrogens with one attached hydrogen (secondary N) is 2. The van der Waals surface area contributed by atoms with Crippen molar-refractivity contribution < 1.29 is 19.1 Å². The first-order chi connectivity index (χ1) is 18.3. The number of rotatable bonds is 10. The Morgan fingerprint density at radius 1 is 1.08 bits per heavy atom. The number of aromatic amines is 1. The van der Waals surface area contributed by atoms with Gasteiger partial charge < -0.3 is 15.5 Å². The zero-order valence-electron chi connectivity index (χ0n) is 21.7. The van der Waals surface area contributed by atoms with E-state index in [0.29, 0.717) is 34.2 Å². The third kappa shape index (κ3) is 6.69. The molecule has 0 spiro atoms. The van der Waals surface area contributed by atoms with Crippen LogP contribution in [-0.4, -0.2) is 46.6 Å². The summed E-state index contributed by atoms with van der Waals surface area (Å²) in [5.74, 6) is -0.990. The molecular weight excluding hydrogens is 518 g/mol. The molecule has 4 N–H and O–H groups in total. The van der Waals surface area contributed by atoms with Crippen LogP contribution in [0.1, 0.15) is 50.9 Å². The molecule has 0 unspecified atom stereocenters. The van der Waals surface area contributed by atoms with E-state index in [4.69, 9.17) is 15.9 Å². The van der Waals surface area contributed by atoms with Crippen LogP contribution in [-0.2, 0) is 16.0 Å². The van der Waals surface area contributed by atoms with Crippen LogP contribution in [0.3, 0.4) is 0 Å². The number of halogens is 1. The monoisotopic (exact) mass is 547 g/mol. The van der Waals surface area contributed by atoms with Crippen LogP contribution in [0.5, 0.6) is 0 Å². The number of benzene rings is 2. The summed E-state index contributed by atoms with van der Waals surface area (Å²) in [6.45, 7) is 3.46. The van der Waals surface area contributed by atoms with Gasteiger partial charge in [0, 0.05) is 52.2 Å². The first-order valence-corrected chi connectivity index (χ1v) is 12.2. The number of hydrogen-bond acceptors (Lipinski definition) is 6. The van der Waals surface area contributed by atoms with Crippen LogP contribution < -0.4 is 10.6 Å². The third-order valence-electron chi connectivity index (χ3n) is 6.21. The van der Waals surface area contributed by atoms with Gasteiger partial charge in [0.1, 0.15) is 12.4 Å². The molecule has 0 saturated heterocycles. The quantitative estimate of drug-likeness (QED) is 0.115. The van der Waals surface area contributed by atoms with E-state index in [-0.39, 0.29) is 43.6 Å². The van der Waals surface area contributed by atoms with Gasteiger partial charge in [-0.25, -0.2) is 0 Å². The molecule has 202 valence electrons. The second-order valence-corrected chi connectivity index (χ2v) is 8.83. The maximum Gasteiger partial charge on any atom is 0.326 e. The number of ketones is 1. The molecule has 0 bridgehead atoms. The molecule has 2 aromatic carbocycles. The predicted octanol–water partition coefficient (Wildman–Crippen LogP) is 4.60. The molecule has 0 radical (unpaired) electrons. The van der Waals surface area contributed by atoms with Crippen LogP contribution in [0.4, 0.5) is 5.69 Å². The van der Waals surface area contributed by atoms with E-state index in [1.807, 2.05) is 19.1 Å². The number of esters is 1. The van der Waals surface area contributed by atoms with Gasteiger partial charge in [0.15, 0.2) is 5.78 Å². The predicted molar refractivity (Wildman–Crippen MR) is 153 cm³/mol. The number of carbonyl (C=O) groups excluding carboxylic acids is 3. The summed E-state index contributed by atoms with van der Waals surface area (Å²) >= 11 is 0. The number of aryl methyl sites for hydroxylation is 2. The molecule has 0 atom stereocenters. The van der Waals surface area contributed by atoms with E-state index in [2.05, 4.69) is 9.97 Å². The molecule has 0 aliphatic heterocycles. The molecule has 0 saturated carbocycles. The number of amidine groups is 1. The molecule has 1 amide bonds. The number of amides is 1. The van der Waals surface area contributed by atoms with Gasteiger partial charge in [-0.3, -0.25) is 29.7 Å². The van der Waals surface area contributed by atoms with Gasteiger partial charge in [-0.05, 0) is 56.2 Å². The summed E-state index contributed by atoms with van der Waals surface area (Å²) in [6.07, 6.45) is 3.81. The van der Waals surface area contributed by atoms with Crippen molar-refractivity contribution in [1.29, 1.82) is 5.41 Å². The topological polar surface area (TPSA) is 142 Å². The van der Waals surface area contributed by atoms with Crippen LogP contribution in [0.2, 0.25) is 0 Å². The highest BCUT2D eigenvalue weighted by Gasteiger charge is 2.24. The van der Waals surface area contributed by atoms with Gasteiger partial charge in [-0.2, -0.15) is 0 Å². The Bertz CT molecular complexity index is 1500. The summed E-state index contributed by atoms with van der Waals surface area (Å²) < 4.78 is 5.10. The van der Waals surface area contributed by atoms with Crippen molar-refractivity contribution in [2.45, 2.75) is 26.7 Å². The minimum absolute atomic E-state index is 0. The Balaban J connectivity index is 0.00000420. The van der Waals surface area contributed by atoms with Crippen molar-refractivity contribution in [1.82, 2.24) is 9.97 Å². The lowest BCUT2D eigenvalue weighted by molar-refractivity contribution is -0.141. The van der Waals surface area contributed by atoms with Crippen molar-refractivity contribution in [2.75, 3.05) is 18.1 Å². The van der Waals surface area contributed by atoms with E-state index in [9.17, 15) is 14.4 Å². The zero-order chi connectivity index (χ0) is 27.2. The fourth-order valence-electron chi connectivity index (χ4n) is 4.34. The molecule has 9 nitrogen and oxygen atoms in total. The number of nitrogens with two attached hydrogens (primary N) is 1. The van der Waals surface area contributed by atoms with E-state index in [0.717, 1.165) is 16.8 Å². The standard InChI is InChI=1S/C29H29N5O4.ClH/c1-3-38-26(36)17-34(29(37)21-5-4-14-32-16-21)22-11-12-24-23(15-22)27(18(2)33-24)25(35)13-8-19-6-9-20(10-7-19)28(30)31;/h4-7,9-12,14-16,33H,3,8,13,17H2,1-2H3,(H3,30,31);1H. The highest BCUT2D eigenvalue weighted by molar-refractivity contribution is 6.12. The average molecular weight is 548 g/mol. The number of ether oxygens (including phenoxy) is 1. The van der Waals surface area contributed by atoms with Crippen LogP contribution >= 0.6 is 12.4 Å². The highest BCUT2D eigenvalue weighted by Crippen LogP contribution is 2.29. The Morgan fingerprint density at radius 2 is 1.82 bits per heavy atom. The second-order valence-electron chi connectivity index (χ2n) is 8.83. The Hall–Kier alpha value is -4.50. The van der Waals surface area contributed by atoms with Crippen molar-refractivity contribution in [2.24, 2.45) is 5.73 Å². The maximum absolute atomic E-state index is 13.4. The maximum atomic E-state index is 13.4. The van der Waals surface area contributed by atoms with Crippen LogP contribution in [0.25, 0.3) is 10.9 Å². The van der Waals surface area contributed by atoms with E-state index in [1.165, 1.54) is 11.1 Å². The van der Waals surface area contributed by atoms with Gasteiger partial charge in [-0.1, -0.05) is 24.3 Å². The first-order valence-electron chi connectivity index (χ1n) is 12.2. The fourth-order valence-corrected chi connectivity index (χ4v) is 4.34. The summed E-state index contributed by atoms with van der Waals surface area (Å²) in [5.41, 5.74) is 9.94. The molecule has 0 aliphatic carbocycles. The number of H-pyrrole nitrogens is 1. The van der Waals surface area contributed by atoms with Crippen molar-refractivity contribution in [3.63, 3.8) is 0 Å². The minimum Gasteiger partial charge on any atom is -0.465 e. The second kappa shape index (κ2) is 12.8. The Labute approximate surface area is 232 Å². The lowest BCUT2D eigenvalue weighted by atomic mass is 9.99. The molecular formula is C29H30ClN5O4. The number of hydrogen-bond donors (Lipinski definition) is 3. The normalized spacial score (nSPS) is 10.5. The third-order valence-corrected chi connectivity index (χ3v) is 6.21. The van der Waals surface area contributed by atoms with Gasteiger partial charge in [-0.15, -0.1) is 12.4 Å². The number of aromatic nitrogens is 2. The number of anilines is 1. The largest absolute Gasteiger partial charge is 0.465 e. The molecule has 10 heteroatoms. The van der Waals surface area contributed by atoms with Crippen LogP contribution in [0, 0.1) is 12.3 Å². The number of nitrogen functional groups attached to an aromatic ring is 1. The molecule has 2 aromatic heterocycles. The summed E-state index contributed by atoms with van der Waals surface area (Å²) in [5, 5.41) is 8.19. The number of carbonyl (C=O) groups is 3. The summed E-state index contributed by atoms with van der Waals surface area (Å²) in [4.78, 5) is 47.7.